The maximum atomic E-state index is 4.72. The van der Waals surface area contributed by atoms with Crippen molar-refractivity contribution in [1.29, 1.82) is 0 Å². The SMILES string of the molecule is C1CCCCCCC1.C1COOCO1.c1ccc2c(c1)ccc1c3c(ccc12)CCCC3. The fraction of sp³-hybridized carbons (Fsp3) is 0.517. The molecular formula is C29H38O3. The average Bonchev–Trinajstić information content (AvgIpc) is 2.85. The van der Waals surface area contributed by atoms with Crippen molar-refractivity contribution in [3.63, 3.8) is 0 Å². The Kier molecular flexibility index (Phi) is 9.39. The molecule has 0 aromatic heterocycles. The van der Waals surface area contributed by atoms with Crippen LogP contribution in [0.25, 0.3) is 21.5 Å². The molecule has 6 rings (SSSR count). The highest BCUT2D eigenvalue weighted by atomic mass is 17.2. The van der Waals surface area contributed by atoms with E-state index in [9.17, 15) is 0 Å². The van der Waals surface area contributed by atoms with Crippen LogP contribution in [0.5, 0.6) is 0 Å². The second-order valence-corrected chi connectivity index (χ2v) is 9.09. The second-order valence-electron chi connectivity index (χ2n) is 9.09. The van der Waals surface area contributed by atoms with Gasteiger partial charge in [-0.2, -0.15) is 0 Å². The molecule has 0 atom stereocenters. The summed E-state index contributed by atoms with van der Waals surface area (Å²) in [6.07, 6.45) is 17.2. The van der Waals surface area contributed by atoms with E-state index in [0.717, 1.165) is 0 Å². The summed E-state index contributed by atoms with van der Waals surface area (Å²) >= 11 is 0. The molecule has 0 amide bonds. The van der Waals surface area contributed by atoms with Crippen molar-refractivity contribution >= 4 is 21.5 Å². The van der Waals surface area contributed by atoms with Crippen LogP contribution in [0.1, 0.15) is 75.3 Å². The summed E-state index contributed by atoms with van der Waals surface area (Å²) in [5.74, 6) is 0. The number of hydrogen-bond acceptors (Lipinski definition) is 3. The van der Waals surface area contributed by atoms with Gasteiger partial charge in [0.2, 0.25) is 0 Å². The normalized spacial score (nSPS) is 18.9. The van der Waals surface area contributed by atoms with E-state index in [0.29, 0.717) is 13.2 Å². The van der Waals surface area contributed by atoms with Gasteiger partial charge in [0.25, 0.3) is 0 Å². The van der Waals surface area contributed by atoms with Crippen LogP contribution in [-0.4, -0.2) is 20.0 Å². The summed E-state index contributed by atoms with van der Waals surface area (Å²) in [5.41, 5.74) is 3.17. The topological polar surface area (TPSA) is 27.7 Å². The minimum Gasteiger partial charge on any atom is -0.350 e. The van der Waals surface area contributed by atoms with Gasteiger partial charge in [0, 0.05) is 0 Å². The first-order valence-electron chi connectivity index (χ1n) is 12.7. The molecule has 3 aliphatic rings. The predicted octanol–water partition coefficient (Wildman–Crippen LogP) is 7.91. The maximum absolute atomic E-state index is 4.72. The molecule has 1 aliphatic heterocycles. The van der Waals surface area contributed by atoms with Gasteiger partial charge in [0.15, 0.2) is 6.79 Å². The van der Waals surface area contributed by atoms with Crippen molar-refractivity contribution in [3.8, 4) is 0 Å². The van der Waals surface area contributed by atoms with Gasteiger partial charge in [-0.25, -0.2) is 9.78 Å². The smallest absolute Gasteiger partial charge is 0.180 e. The van der Waals surface area contributed by atoms with E-state index in [2.05, 4.69) is 58.3 Å². The minimum absolute atomic E-state index is 0.278. The summed E-state index contributed by atoms with van der Waals surface area (Å²) in [6, 6.07) is 18.0. The third kappa shape index (κ3) is 6.54. The van der Waals surface area contributed by atoms with E-state index in [1.807, 2.05) is 0 Å². The van der Waals surface area contributed by atoms with Crippen LogP contribution in [0.3, 0.4) is 0 Å². The van der Waals surface area contributed by atoms with Gasteiger partial charge < -0.3 is 4.74 Å². The lowest BCUT2D eigenvalue weighted by Crippen LogP contribution is -2.14. The average molecular weight is 435 g/mol. The molecule has 3 aromatic rings. The Labute approximate surface area is 193 Å². The zero-order valence-electron chi connectivity index (χ0n) is 19.5. The highest BCUT2D eigenvalue weighted by Crippen LogP contribution is 2.33. The van der Waals surface area contributed by atoms with Crippen LogP contribution in [0.2, 0.25) is 0 Å². The van der Waals surface area contributed by atoms with Crippen LogP contribution in [0, 0.1) is 0 Å². The molecular weight excluding hydrogens is 396 g/mol. The molecule has 1 heterocycles. The molecule has 1 saturated carbocycles. The first kappa shape index (κ1) is 23.2. The quantitative estimate of drug-likeness (QED) is 0.266. The molecule has 0 N–H and O–H groups in total. The molecule has 3 nitrogen and oxygen atoms in total. The zero-order chi connectivity index (χ0) is 21.8. The fourth-order valence-corrected chi connectivity index (χ4v) is 5.04. The van der Waals surface area contributed by atoms with Crippen molar-refractivity contribution in [2.24, 2.45) is 0 Å². The van der Waals surface area contributed by atoms with E-state index < -0.39 is 0 Å². The summed E-state index contributed by atoms with van der Waals surface area (Å²) in [6.45, 7) is 1.49. The first-order chi connectivity index (χ1) is 15.9. The van der Waals surface area contributed by atoms with Crippen LogP contribution in [0.15, 0.2) is 48.5 Å². The third-order valence-electron chi connectivity index (χ3n) is 6.78. The van der Waals surface area contributed by atoms with Gasteiger partial charge >= 0.3 is 0 Å². The Morgan fingerprint density at radius 2 is 1.19 bits per heavy atom. The molecule has 32 heavy (non-hydrogen) atoms. The third-order valence-corrected chi connectivity index (χ3v) is 6.78. The molecule has 2 aliphatic carbocycles. The van der Waals surface area contributed by atoms with E-state index in [-0.39, 0.29) is 6.79 Å². The molecule has 3 aromatic carbocycles. The van der Waals surface area contributed by atoms with Gasteiger partial charge in [-0.3, -0.25) is 0 Å². The molecule has 0 radical (unpaired) electrons. The lowest BCUT2D eigenvalue weighted by Gasteiger charge is -2.18. The summed E-state index contributed by atoms with van der Waals surface area (Å²) < 4.78 is 4.72. The lowest BCUT2D eigenvalue weighted by molar-refractivity contribution is -0.373. The van der Waals surface area contributed by atoms with E-state index in [1.165, 1.54) is 98.6 Å². The first-order valence-corrected chi connectivity index (χ1v) is 12.7. The van der Waals surface area contributed by atoms with Gasteiger partial charge in [-0.05, 0) is 58.4 Å². The molecule has 1 saturated heterocycles. The second kappa shape index (κ2) is 12.9. The van der Waals surface area contributed by atoms with Crippen LogP contribution in [-0.2, 0) is 27.4 Å². The monoisotopic (exact) mass is 434 g/mol. The Morgan fingerprint density at radius 3 is 1.81 bits per heavy atom. The van der Waals surface area contributed by atoms with Crippen molar-refractivity contribution in [2.75, 3.05) is 20.0 Å². The molecule has 0 spiro atoms. The van der Waals surface area contributed by atoms with Crippen molar-refractivity contribution < 1.29 is 14.5 Å². The predicted molar refractivity (Wildman–Crippen MR) is 133 cm³/mol. The van der Waals surface area contributed by atoms with Crippen LogP contribution < -0.4 is 0 Å². The number of benzene rings is 3. The number of ether oxygens (including phenoxy) is 1. The highest BCUT2D eigenvalue weighted by molar-refractivity contribution is 6.08. The standard InChI is InChI=1S/C18H16.C8H16.C3H6O3/c1-3-7-15-13(5-1)9-11-18-16-8-4-2-6-14(16)10-12-17(15)18;1-2-4-6-8-7-5-3-1;1-2-5-6-3-4-1/h1,3,5,7,9-12H,2,4,6,8H2;1-8H2;1-3H2. The Balaban J connectivity index is 0.000000144. The fourth-order valence-electron chi connectivity index (χ4n) is 5.04. The van der Waals surface area contributed by atoms with E-state index in [4.69, 9.17) is 4.74 Å². The summed E-state index contributed by atoms with van der Waals surface area (Å²) in [4.78, 5) is 8.79. The maximum Gasteiger partial charge on any atom is 0.180 e. The molecule has 0 bridgehead atoms. The van der Waals surface area contributed by atoms with Crippen molar-refractivity contribution in [1.82, 2.24) is 0 Å². The minimum atomic E-state index is 0.278. The summed E-state index contributed by atoms with van der Waals surface area (Å²) in [5, 5.41) is 5.64. The Bertz CT molecular complexity index is 926. The van der Waals surface area contributed by atoms with Crippen molar-refractivity contribution in [2.45, 2.75) is 77.0 Å². The van der Waals surface area contributed by atoms with Gasteiger partial charge in [-0.1, -0.05) is 99.9 Å². The number of hydrogen-bond donors (Lipinski definition) is 0. The Hall–Kier alpha value is -1.94. The number of aryl methyl sites for hydroxylation is 2. The van der Waals surface area contributed by atoms with Gasteiger partial charge in [0.1, 0.15) is 6.61 Å². The molecule has 2 fully saturated rings. The van der Waals surface area contributed by atoms with Crippen molar-refractivity contribution in [3.05, 3.63) is 59.7 Å². The highest BCUT2D eigenvalue weighted by Gasteiger charge is 2.13. The van der Waals surface area contributed by atoms with Gasteiger partial charge in [0.05, 0.1) is 6.61 Å². The van der Waals surface area contributed by atoms with Gasteiger partial charge in [-0.15, -0.1) is 0 Å². The van der Waals surface area contributed by atoms with E-state index in [1.54, 1.807) is 11.1 Å². The van der Waals surface area contributed by atoms with E-state index >= 15 is 0 Å². The number of fused-ring (bicyclic) bond motifs is 5. The Morgan fingerprint density at radius 1 is 0.500 bits per heavy atom. The molecule has 0 unspecified atom stereocenters. The summed E-state index contributed by atoms with van der Waals surface area (Å²) in [7, 11) is 0. The zero-order valence-corrected chi connectivity index (χ0v) is 19.5. The molecule has 3 heteroatoms. The van der Waals surface area contributed by atoms with Crippen LogP contribution in [0.4, 0.5) is 0 Å². The largest absolute Gasteiger partial charge is 0.350 e. The lowest BCUT2D eigenvalue weighted by atomic mass is 9.86. The molecule has 172 valence electrons. The number of rotatable bonds is 0. The van der Waals surface area contributed by atoms with Crippen LogP contribution >= 0.6 is 0 Å².